The summed E-state index contributed by atoms with van der Waals surface area (Å²) in [6.07, 6.45) is 3.03. The highest BCUT2D eigenvalue weighted by Gasteiger charge is 2.23. The van der Waals surface area contributed by atoms with Crippen LogP contribution in [-0.4, -0.2) is 4.98 Å². The Kier molecular flexibility index (Phi) is 3.54. The summed E-state index contributed by atoms with van der Waals surface area (Å²) in [5.74, 6) is 0.463. The van der Waals surface area contributed by atoms with Gasteiger partial charge in [0.15, 0.2) is 0 Å². The molecule has 3 rings (SSSR count). The molecule has 21 heavy (non-hydrogen) atoms. The van der Waals surface area contributed by atoms with Crippen LogP contribution in [0.2, 0.25) is 0 Å². The van der Waals surface area contributed by atoms with Crippen LogP contribution in [0.3, 0.4) is 0 Å². The minimum atomic E-state index is 0.463. The molecule has 2 nitrogen and oxygen atoms in total. The second-order valence-corrected chi connectivity index (χ2v) is 5.97. The molecule has 0 saturated carbocycles. The molecule has 0 atom stereocenters. The predicted molar refractivity (Wildman–Crippen MR) is 89.4 cm³/mol. The Labute approximate surface area is 127 Å². The Hall–Kier alpha value is -2.09. The van der Waals surface area contributed by atoms with Crippen molar-refractivity contribution in [2.75, 3.05) is 4.90 Å². The van der Waals surface area contributed by atoms with Crippen molar-refractivity contribution in [2.24, 2.45) is 0 Å². The molecule has 1 aromatic heterocycles. The van der Waals surface area contributed by atoms with Gasteiger partial charge >= 0.3 is 0 Å². The third-order valence-electron chi connectivity index (χ3n) is 4.22. The van der Waals surface area contributed by atoms with Crippen LogP contribution in [0.5, 0.6) is 0 Å². The number of anilines is 1. The molecule has 2 aromatic rings. The second-order valence-electron chi connectivity index (χ2n) is 5.97. The molecule has 0 fully saturated rings. The van der Waals surface area contributed by atoms with Gasteiger partial charge in [0.05, 0.1) is 11.9 Å². The fourth-order valence-electron chi connectivity index (χ4n) is 2.81. The van der Waals surface area contributed by atoms with Crippen molar-refractivity contribution in [1.29, 1.82) is 0 Å². The molecule has 0 unspecified atom stereocenters. The zero-order valence-corrected chi connectivity index (χ0v) is 13.1. The van der Waals surface area contributed by atoms with Gasteiger partial charge in [-0.15, -0.1) is 0 Å². The first kappa shape index (κ1) is 13.9. The number of aromatic nitrogens is 1. The summed E-state index contributed by atoms with van der Waals surface area (Å²) in [4.78, 5) is 6.82. The van der Waals surface area contributed by atoms with Crippen molar-refractivity contribution < 1.29 is 0 Å². The van der Waals surface area contributed by atoms with Gasteiger partial charge in [-0.25, -0.2) is 0 Å². The Morgan fingerprint density at radius 3 is 2.67 bits per heavy atom. The summed E-state index contributed by atoms with van der Waals surface area (Å²) in [6, 6.07) is 11.0. The van der Waals surface area contributed by atoms with Crippen LogP contribution in [0.25, 0.3) is 5.70 Å². The van der Waals surface area contributed by atoms with E-state index >= 15 is 0 Å². The Morgan fingerprint density at radius 2 is 2.05 bits per heavy atom. The topological polar surface area (TPSA) is 16.1 Å². The molecule has 108 valence electrons. The summed E-state index contributed by atoms with van der Waals surface area (Å²) >= 11 is 0. The highest BCUT2D eigenvalue weighted by atomic mass is 15.2. The van der Waals surface area contributed by atoms with E-state index in [1.54, 1.807) is 0 Å². The molecule has 0 saturated heterocycles. The van der Waals surface area contributed by atoms with Crippen molar-refractivity contribution >= 4 is 11.4 Å². The van der Waals surface area contributed by atoms with Crippen molar-refractivity contribution in [3.05, 3.63) is 65.5 Å². The zero-order valence-electron chi connectivity index (χ0n) is 13.1. The first-order chi connectivity index (χ1) is 10.1. The standard InChI is InChI=1S/C19H22N2/c1-5-15-6-7-16-12-21(14(4)18(16)10-15)17-8-9-19(13(2)3)20-11-17/h6-11,13H,4-5,12H2,1-3H3. The fraction of sp³-hybridized carbons (Fsp3) is 0.316. The Balaban J connectivity index is 1.90. The molecule has 0 N–H and O–H groups in total. The number of rotatable bonds is 3. The quantitative estimate of drug-likeness (QED) is 0.804. The van der Waals surface area contributed by atoms with E-state index in [0.717, 1.165) is 30.0 Å². The van der Waals surface area contributed by atoms with E-state index in [9.17, 15) is 0 Å². The summed E-state index contributed by atoms with van der Waals surface area (Å²) in [6.45, 7) is 11.7. The third kappa shape index (κ3) is 2.46. The van der Waals surface area contributed by atoms with Gasteiger partial charge in [-0.2, -0.15) is 0 Å². The van der Waals surface area contributed by atoms with Crippen molar-refractivity contribution in [1.82, 2.24) is 4.98 Å². The number of hydrogen-bond acceptors (Lipinski definition) is 2. The summed E-state index contributed by atoms with van der Waals surface area (Å²) in [7, 11) is 0. The number of pyridine rings is 1. The van der Waals surface area contributed by atoms with Crippen LogP contribution in [0.1, 0.15) is 49.1 Å². The molecule has 1 aliphatic heterocycles. The van der Waals surface area contributed by atoms with E-state index in [0.29, 0.717) is 5.92 Å². The van der Waals surface area contributed by atoms with Crippen LogP contribution >= 0.6 is 0 Å². The minimum absolute atomic E-state index is 0.463. The van der Waals surface area contributed by atoms with E-state index in [4.69, 9.17) is 0 Å². The monoisotopic (exact) mass is 278 g/mol. The Bertz CT molecular complexity index is 668. The first-order valence-corrected chi connectivity index (χ1v) is 7.64. The van der Waals surface area contributed by atoms with Crippen molar-refractivity contribution in [2.45, 2.75) is 39.7 Å². The SMILES string of the molecule is C=C1c2cc(CC)ccc2CN1c1ccc(C(C)C)nc1. The normalized spacial score (nSPS) is 13.9. The van der Waals surface area contributed by atoms with E-state index in [-0.39, 0.29) is 0 Å². The van der Waals surface area contributed by atoms with Crippen LogP contribution in [-0.2, 0) is 13.0 Å². The molecule has 2 heteroatoms. The van der Waals surface area contributed by atoms with Gasteiger partial charge in [0, 0.05) is 23.5 Å². The number of aryl methyl sites for hydroxylation is 1. The maximum absolute atomic E-state index is 4.57. The molecule has 0 spiro atoms. The lowest BCUT2D eigenvalue weighted by Gasteiger charge is -2.19. The summed E-state index contributed by atoms with van der Waals surface area (Å²) < 4.78 is 0. The van der Waals surface area contributed by atoms with Gasteiger partial charge in [-0.05, 0) is 41.7 Å². The minimum Gasteiger partial charge on any atom is -0.336 e. The van der Waals surface area contributed by atoms with Crippen LogP contribution < -0.4 is 4.90 Å². The largest absolute Gasteiger partial charge is 0.336 e. The average molecular weight is 278 g/mol. The molecule has 2 heterocycles. The fourth-order valence-corrected chi connectivity index (χ4v) is 2.81. The van der Waals surface area contributed by atoms with Gasteiger partial charge < -0.3 is 4.90 Å². The van der Waals surface area contributed by atoms with Gasteiger partial charge in [0.2, 0.25) is 0 Å². The zero-order chi connectivity index (χ0) is 15.0. The summed E-state index contributed by atoms with van der Waals surface area (Å²) in [5.41, 5.74) is 7.34. The lowest BCUT2D eigenvalue weighted by molar-refractivity contribution is 0.821. The Morgan fingerprint density at radius 1 is 1.24 bits per heavy atom. The smallest absolute Gasteiger partial charge is 0.0600 e. The van der Waals surface area contributed by atoms with E-state index in [1.807, 2.05) is 6.20 Å². The maximum atomic E-state index is 4.57. The van der Waals surface area contributed by atoms with Crippen LogP contribution in [0, 0.1) is 0 Å². The van der Waals surface area contributed by atoms with Gasteiger partial charge in [0.25, 0.3) is 0 Å². The molecule has 0 amide bonds. The van der Waals surface area contributed by atoms with Crippen molar-refractivity contribution in [3.8, 4) is 0 Å². The highest BCUT2D eigenvalue weighted by Crippen LogP contribution is 2.36. The summed E-state index contributed by atoms with van der Waals surface area (Å²) in [5, 5.41) is 0. The van der Waals surface area contributed by atoms with E-state index in [1.165, 1.54) is 16.7 Å². The predicted octanol–water partition coefficient (Wildman–Crippen LogP) is 4.76. The van der Waals surface area contributed by atoms with E-state index < -0.39 is 0 Å². The van der Waals surface area contributed by atoms with Crippen molar-refractivity contribution in [3.63, 3.8) is 0 Å². The van der Waals surface area contributed by atoms with Crippen LogP contribution in [0.15, 0.2) is 43.1 Å². The number of hydrogen-bond donors (Lipinski definition) is 0. The molecule has 0 bridgehead atoms. The number of fused-ring (bicyclic) bond motifs is 1. The average Bonchev–Trinajstić information content (AvgIpc) is 2.84. The number of nitrogens with zero attached hydrogens (tertiary/aromatic N) is 2. The van der Waals surface area contributed by atoms with E-state index in [2.05, 4.69) is 67.6 Å². The second kappa shape index (κ2) is 5.36. The highest BCUT2D eigenvalue weighted by molar-refractivity contribution is 5.83. The van der Waals surface area contributed by atoms with Gasteiger partial charge in [0.1, 0.15) is 0 Å². The molecule has 1 aromatic carbocycles. The van der Waals surface area contributed by atoms with Gasteiger partial charge in [-0.1, -0.05) is 39.5 Å². The molecule has 0 radical (unpaired) electrons. The lowest BCUT2D eigenvalue weighted by Crippen LogP contribution is -2.13. The number of benzene rings is 1. The molecular weight excluding hydrogens is 256 g/mol. The molecule has 0 aliphatic carbocycles. The third-order valence-corrected chi connectivity index (χ3v) is 4.22. The first-order valence-electron chi connectivity index (χ1n) is 7.64. The lowest BCUT2D eigenvalue weighted by atomic mass is 10.0. The van der Waals surface area contributed by atoms with Gasteiger partial charge in [-0.3, -0.25) is 4.98 Å². The molecule has 1 aliphatic rings. The van der Waals surface area contributed by atoms with Crippen LogP contribution in [0.4, 0.5) is 5.69 Å². The molecular formula is C19H22N2. The maximum Gasteiger partial charge on any atom is 0.0600 e.